The van der Waals surface area contributed by atoms with Gasteiger partial charge < -0.3 is 30.2 Å². The summed E-state index contributed by atoms with van der Waals surface area (Å²) in [5, 5.41) is 20.2. The topological polar surface area (TPSA) is 111 Å². The number of aliphatic hydroxyl groups is 2. The molecule has 0 radical (unpaired) electrons. The maximum atomic E-state index is 10.3. The first kappa shape index (κ1) is 26.8. The molecule has 1 saturated heterocycles. The van der Waals surface area contributed by atoms with Crippen LogP contribution < -0.4 is 5.73 Å². The highest BCUT2D eigenvalue weighted by Crippen LogP contribution is 2.26. The van der Waals surface area contributed by atoms with E-state index in [1.54, 1.807) is 0 Å². The van der Waals surface area contributed by atoms with Crippen LogP contribution in [0, 0.1) is 0 Å². The van der Waals surface area contributed by atoms with Crippen LogP contribution in [0.4, 0.5) is 0 Å². The minimum Gasteiger partial charge on any atom is -0.385 e. The Kier molecular flexibility index (Phi) is 10.7. The molecule has 1 aliphatic rings. The number of halogens is 3. The summed E-state index contributed by atoms with van der Waals surface area (Å²) < 4.78 is 15.3. The van der Waals surface area contributed by atoms with E-state index in [1.165, 1.54) is 0 Å². The Balaban J connectivity index is 0.000000451. The molecule has 3 rings (SSSR count). The van der Waals surface area contributed by atoms with Crippen molar-refractivity contribution in [1.29, 1.82) is 0 Å². The number of carbonyl (C=O) groups excluding carboxylic acids is 1. The smallest absolute Gasteiger partial charge is 0.269 e. The van der Waals surface area contributed by atoms with Gasteiger partial charge in [-0.25, -0.2) is 0 Å². The molecule has 1 aliphatic heterocycles. The third-order valence-electron chi connectivity index (χ3n) is 4.62. The summed E-state index contributed by atoms with van der Waals surface area (Å²) in [6.07, 6.45) is -4.01. The first-order valence-corrected chi connectivity index (χ1v) is 10.9. The lowest BCUT2D eigenvalue weighted by molar-refractivity contribution is -0.297. The zero-order valence-electron chi connectivity index (χ0n) is 17.3. The molecule has 0 unspecified atom stereocenters. The minimum absolute atomic E-state index is 0.327. The number of carbonyl (C=O) groups is 1. The molecule has 5 atom stereocenters. The molecule has 1 fully saturated rings. The third kappa shape index (κ3) is 8.50. The van der Waals surface area contributed by atoms with Crippen LogP contribution in [0.3, 0.4) is 0 Å². The van der Waals surface area contributed by atoms with Gasteiger partial charge in [-0.15, -0.1) is 0 Å². The van der Waals surface area contributed by atoms with Crippen molar-refractivity contribution >= 4 is 40.7 Å². The SMILES string of the molecule is C[C@@H]1O[C@@H](O)[C@H](O)[C@H](OCc2ccccc2)[C@H]1OCc1ccccc1.NC(=O)C(Cl)(Cl)Cl. The number of ether oxygens (including phenoxy) is 3. The Morgan fingerprint density at radius 3 is 1.75 bits per heavy atom. The zero-order chi connectivity index (χ0) is 23.7. The number of aliphatic hydroxyl groups excluding tert-OH is 2. The predicted molar refractivity (Wildman–Crippen MR) is 122 cm³/mol. The van der Waals surface area contributed by atoms with Gasteiger partial charge in [-0.05, 0) is 18.1 Å². The fraction of sp³-hybridized carbons (Fsp3) is 0.409. The summed E-state index contributed by atoms with van der Waals surface area (Å²) in [4.78, 5) is 9.85. The van der Waals surface area contributed by atoms with E-state index in [-0.39, 0.29) is 0 Å². The second-order valence-electron chi connectivity index (χ2n) is 7.11. The van der Waals surface area contributed by atoms with Gasteiger partial charge in [-0.2, -0.15) is 0 Å². The summed E-state index contributed by atoms with van der Waals surface area (Å²) in [6, 6.07) is 19.5. The van der Waals surface area contributed by atoms with Gasteiger partial charge in [-0.3, -0.25) is 4.79 Å². The van der Waals surface area contributed by atoms with Crippen molar-refractivity contribution in [3.63, 3.8) is 0 Å². The molecule has 1 heterocycles. The number of nitrogens with two attached hydrogens (primary N) is 1. The van der Waals surface area contributed by atoms with E-state index in [2.05, 4.69) is 5.73 Å². The fourth-order valence-corrected chi connectivity index (χ4v) is 2.96. The molecule has 2 aromatic rings. The fourth-order valence-electron chi connectivity index (χ4n) is 2.96. The van der Waals surface area contributed by atoms with Crippen molar-refractivity contribution in [2.45, 2.75) is 54.6 Å². The van der Waals surface area contributed by atoms with Crippen LogP contribution in [0.5, 0.6) is 0 Å². The maximum absolute atomic E-state index is 10.3. The van der Waals surface area contributed by atoms with Gasteiger partial charge in [0.1, 0.15) is 18.3 Å². The molecule has 0 spiro atoms. The van der Waals surface area contributed by atoms with Crippen molar-refractivity contribution in [3.05, 3.63) is 71.8 Å². The number of hydrogen-bond acceptors (Lipinski definition) is 6. The Bertz CT molecular complexity index is 821. The second-order valence-corrected chi connectivity index (χ2v) is 9.39. The quantitative estimate of drug-likeness (QED) is 0.519. The Hall–Kier alpha value is -1.42. The molecule has 176 valence electrons. The average Bonchev–Trinajstić information content (AvgIpc) is 2.75. The lowest BCUT2D eigenvalue weighted by Gasteiger charge is -2.41. The van der Waals surface area contributed by atoms with Crippen LogP contribution in [0.15, 0.2) is 60.7 Å². The second kappa shape index (κ2) is 12.7. The van der Waals surface area contributed by atoms with Gasteiger partial charge in [0.2, 0.25) is 0 Å². The largest absolute Gasteiger partial charge is 0.385 e. The standard InChI is InChI=1S/C20H24O5.C2H2Cl3NO/c1-14-18(23-12-15-8-4-2-5-9-15)19(17(21)20(22)25-14)24-13-16-10-6-3-7-11-16;3-2(4,5)1(6)7/h2-11,14,17-22H,12-13H2,1H3;(H2,6,7)/t14-,17+,18-,19-,20+;/m0./s1. The van der Waals surface area contributed by atoms with E-state index in [4.69, 9.17) is 49.0 Å². The lowest BCUT2D eigenvalue weighted by atomic mass is 9.99. The molecule has 10 heteroatoms. The Labute approximate surface area is 201 Å². The predicted octanol–water partition coefficient (Wildman–Crippen LogP) is 3.10. The van der Waals surface area contributed by atoms with Gasteiger partial charge in [0.05, 0.1) is 19.3 Å². The number of rotatable bonds is 6. The first-order chi connectivity index (χ1) is 15.1. The van der Waals surface area contributed by atoms with Gasteiger partial charge in [-0.1, -0.05) is 95.5 Å². The highest BCUT2D eigenvalue weighted by Gasteiger charge is 2.44. The van der Waals surface area contributed by atoms with Crippen LogP contribution in [0.1, 0.15) is 18.1 Å². The van der Waals surface area contributed by atoms with Crippen LogP contribution in [0.2, 0.25) is 0 Å². The van der Waals surface area contributed by atoms with Crippen molar-refractivity contribution in [3.8, 4) is 0 Å². The van der Waals surface area contributed by atoms with Crippen molar-refractivity contribution in [2.24, 2.45) is 5.73 Å². The molecule has 0 bridgehead atoms. The molecule has 0 aromatic heterocycles. The van der Waals surface area contributed by atoms with E-state index < -0.39 is 40.4 Å². The minimum atomic E-state index is -1.94. The van der Waals surface area contributed by atoms with Crippen molar-refractivity contribution in [2.75, 3.05) is 0 Å². The van der Waals surface area contributed by atoms with Crippen LogP contribution in [-0.2, 0) is 32.2 Å². The van der Waals surface area contributed by atoms with E-state index in [0.29, 0.717) is 13.2 Å². The van der Waals surface area contributed by atoms with Gasteiger partial charge in [0.15, 0.2) is 6.29 Å². The molecule has 32 heavy (non-hydrogen) atoms. The maximum Gasteiger partial charge on any atom is 0.269 e. The summed E-state index contributed by atoms with van der Waals surface area (Å²) in [5.74, 6) is -0.961. The number of benzene rings is 2. The molecule has 2 aromatic carbocycles. The van der Waals surface area contributed by atoms with E-state index in [0.717, 1.165) is 11.1 Å². The summed E-state index contributed by atoms with van der Waals surface area (Å²) in [6.45, 7) is 2.52. The average molecular weight is 507 g/mol. The third-order valence-corrected chi connectivity index (χ3v) is 5.18. The molecule has 1 amide bonds. The number of hydrogen-bond donors (Lipinski definition) is 3. The van der Waals surface area contributed by atoms with E-state index >= 15 is 0 Å². The molecular weight excluding hydrogens is 481 g/mol. The number of amides is 1. The lowest BCUT2D eigenvalue weighted by Crippen LogP contribution is -2.58. The van der Waals surface area contributed by atoms with Crippen LogP contribution in [-0.4, -0.2) is 50.6 Å². The molecule has 4 N–H and O–H groups in total. The van der Waals surface area contributed by atoms with E-state index in [1.807, 2.05) is 67.6 Å². The monoisotopic (exact) mass is 505 g/mol. The number of primary amides is 1. The highest BCUT2D eigenvalue weighted by atomic mass is 35.6. The molecule has 0 saturated carbocycles. The van der Waals surface area contributed by atoms with E-state index in [9.17, 15) is 15.0 Å². The Morgan fingerprint density at radius 2 is 1.34 bits per heavy atom. The van der Waals surface area contributed by atoms with Gasteiger partial charge in [0, 0.05) is 0 Å². The first-order valence-electron chi connectivity index (χ1n) is 9.79. The van der Waals surface area contributed by atoms with Gasteiger partial charge >= 0.3 is 0 Å². The zero-order valence-corrected chi connectivity index (χ0v) is 19.6. The Morgan fingerprint density at radius 1 is 0.938 bits per heavy atom. The number of alkyl halides is 3. The van der Waals surface area contributed by atoms with Crippen molar-refractivity contribution in [1.82, 2.24) is 0 Å². The highest BCUT2D eigenvalue weighted by molar-refractivity contribution is 6.76. The normalized spacial score (nSPS) is 25.5. The summed E-state index contributed by atoms with van der Waals surface area (Å²) >= 11 is 14.8. The van der Waals surface area contributed by atoms with Gasteiger partial charge in [0.25, 0.3) is 9.70 Å². The molecule has 0 aliphatic carbocycles. The summed E-state index contributed by atoms with van der Waals surface area (Å²) in [5.41, 5.74) is 6.55. The van der Waals surface area contributed by atoms with Crippen LogP contribution in [0.25, 0.3) is 0 Å². The van der Waals surface area contributed by atoms with Crippen molar-refractivity contribution < 1.29 is 29.2 Å². The molecular formula is C22H26Cl3NO6. The molecule has 7 nitrogen and oxygen atoms in total. The summed E-state index contributed by atoms with van der Waals surface area (Å²) in [7, 11) is 0. The van der Waals surface area contributed by atoms with Crippen LogP contribution >= 0.6 is 34.8 Å².